The molecule has 0 radical (unpaired) electrons. The van der Waals surface area contributed by atoms with E-state index < -0.39 is 9.75 Å². The summed E-state index contributed by atoms with van der Waals surface area (Å²) in [6.07, 6.45) is 5.16. The van der Waals surface area contributed by atoms with Gasteiger partial charge in [-0.1, -0.05) is 6.42 Å². The number of imidazole rings is 1. The highest BCUT2D eigenvalue weighted by atomic mass is 35.5. The van der Waals surface area contributed by atoms with Crippen molar-refractivity contribution in [3.63, 3.8) is 0 Å². The summed E-state index contributed by atoms with van der Waals surface area (Å²) in [7, 11) is 0. The Labute approximate surface area is 145 Å². The number of rotatable bonds is 2. The van der Waals surface area contributed by atoms with E-state index in [1.54, 1.807) is 6.92 Å². The molecule has 4 nitrogen and oxygen atoms in total. The van der Waals surface area contributed by atoms with Crippen molar-refractivity contribution >= 4 is 45.8 Å². The monoisotopic (exact) mass is 351 g/mol. The lowest BCUT2D eigenvalue weighted by atomic mass is 10.1. The predicted molar refractivity (Wildman–Crippen MR) is 93.1 cm³/mol. The van der Waals surface area contributed by atoms with Crippen LogP contribution in [-0.2, 0) is 17.8 Å². The number of aryl methyl sites for hydroxylation is 2. The van der Waals surface area contributed by atoms with Crippen molar-refractivity contribution in [3.8, 4) is 0 Å². The Morgan fingerprint density at radius 3 is 2.83 bits per heavy atom. The van der Waals surface area contributed by atoms with Crippen LogP contribution in [-0.4, -0.2) is 19.8 Å². The number of benzene rings is 1. The molecule has 6 heteroatoms. The van der Waals surface area contributed by atoms with E-state index >= 15 is 0 Å². The van der Waals surface area contributed by atoms with Crippen molar-refractivity contribution in [2.24, 2.45) is 5.41 Å². The second-order valence-electron chi connectivity index (χ2n) is 6.86. The quantitative estimate of drug-likeness (QED) is 0.820. The maximum absolute atomic E-state index is 12.4. The molecule has 2 aromatic rings. The third-order valence-corrected chi connectivity index (χ3v) is 6.23. The number of hydrogen-bond acceptors (Lipinski definition) is 2. The Balaban J connectivity index is 1.61. The SMILES string of the molecule is CC1(C(=O)Nc2ccc3c(c2)nc2n3CCCCC2)CC1(Cl)Cl. The van der Waals surface area contributed by atoms with E-state index in [0.717, 1.165) is 35.5 Å². The first kappa shape index (κ1) is 15.3. The lowest BCUT2D eigenvalue weighted by molar-refractivity contribution is -0.120. The molecule has 1 fully saturated rings. The molecule has 1 aliphatic carbocycles. The van der Waals surface area contributed by atoms with Crippen LogP contribution in [0.3, 0.4) is 0 Å². The number of fused-ring (bicyclic) bond motifs is 3. The van der Waals surface area contributed by atoms with Gasteiger partial charge in [0.15, 0.2) is 0 Å². The number of carbonyl (C=O) groups is 1. The Morgan fingerprint density at radius 2 is 2.09 bits per heavy atom. The summed E-state index contributed by atoms with van der Waals surface area (Å²) < 4.78 is 1.35. The van der Waals surface area contributed by atoms with Crippen molar-refractivity contribution in [2.75, 3.05) is 5.32 Å². The van der Waals surface area contributed by atoms with Crippen LogP contribution in [0.2, 0.25) is 0 Å². The molecule has 1 aromatic carbocycles. The largest absolute Gasteiger partial charge is 0.328 e. The maximum atomic E-state index is 12.4. The molecule has 4 rings (SSSR count). The molecule has 23 heavy (non-hydrogen) atoms. The molecule has 1 saturated carbocycles. The molecule has 122 valence electrons. The molecular formula is C17H19Cl2N3O. The smallest absolute Gasteiger partial charge is 0.233 e. The minimum Gasteiger partial charge on any atom is -0.328 e. The normalized spacial score (nSPS) is 25.7. The molecule has 0 saturated heterocycles. The molecule has 0 spiro atoms. The molecule has 1 unspecified atom stereocenters. The van der Waals surface area contributed by atoms with Crippen LogP contribution >= 0.6 is 23.2 Å². The topological polar surface area (TPSA) is 46.9 Å². The molecule has 1 aliphatic heterocycles. The first-order valence-electron chi connectivity index (χ1n) is 8.09. The van der Waals surface area contributed by atoms with Gasteiger partial charge in [-0.25, -0.2) is 4.98 Å². The standard InChI is InChI=1S/C17H19Cl2N3O/c1-16(10-17(16,18)19)15(23)20-11-6-7-13-12(9-11)21-14-5-3-2-4-8-22(13)14/h6-7,9H,2-5,8,10H2,1H3,(H,20,23). The third kappa shape index (κ3) is 2.43. The zero-order valence-corrected chi connectivity index (χ0v) is 14.5. The van der Waals surface area contributed by atoms with Gasteiger partial charge in [-0.05, 0) is 44.4 Å². The van der Waals surface area contributed by atoms with Gasteiger partial charge >= 0.3 is 0 Å². The van der Waals surface area contributed by atoms with E-state index in [1.807, 2.05) is 18.2 Å². The van der Waals surface area contributed by atoms with Gasteiger partial charge in [-0.2, -0.15) is 0 Å². The summed E-state index contributed by atoms with van der Waals surface area (Å²) in [5.74, 6) is 1.01. The van der Waals surface area contributed by atoms with Crippen LogP contribution in [0.5, 0.6) is 0 Å². The number of nitrogens with one attached hydrogen (secondary N) is 1. The molecule has 1 N–H and O–H groups in total. The third-order valence-electron chi connectivity index (χ3n) is 5.13. The highest BCUT2D eigenvalue weighted by molar-refractivity contribution is 6.53. The summed E-state index contributed by atoms with van der Waals surface area (Å²) in [5, 5.41) is 2.93. The first-order valence-corrected chi connectivity index (χ1v) is 8.85. The van der Waals surface area contributed by atoms with E-state index in [1.165, 1.54) is 19.3 Å². The molecule has 2 heterocycles. The number of halogens is 2. The average Bonchev–Trinajstić information content (AvgIpc) is 2.97. The van der Waals surface area contributed by atoms with Crippen molar-refractivity contribution in [1.29, 1.82) is 0 Å². The van der Waals surface area contributed by atoms with Crippen LogP contribution in [0.15, 0.2) is 18.2 Å². The Kier molecular flexibility index (Phi) is 3.40. The van der Waals surface area contributed by atoms with E-state index in [0.29, 0.717) is 6.42 Å². The van der Waals surface area contributed by atoms with Gasteiger partial charge in [0.05, 0.1) is 16.4 Å². The average molecular weight is 352 g/mol. The number of anilines is 1. The van der Waals surface area contributed by atoms with E-state index in [2.05, 4.69) is 9.88 Å². The van der Waals surface area contributed by atoms with Gasteiger partial charge in [0.1, 0.15) is 10.2 Å². The fourth-order valence-corrected chi connectivity index (χ4v) is 4.05. The molecular weight excluding hydrogens is 333 g/mol. The second-order valence-corrected chi connectivity index (χ2v) is 8.35. The summed E-state index contributed by atoms with van der Waals surface area (Å²) in [6.45, 7) is 2.82. The van der Waals surface area contributed by atoms with Gasteiger partial charge in [0, 0.05) is 18.7 Å². The summed E-state index contributed by atoms with van der Waals surface area (Å²) >= 11 is 12.2. The fraction of sp³-hybridized carbons (Fsp3) is 0.529. The minimum atomic E-state index is -0.951. The Morgan fingerprint density at radius 1 is 1.30 bits per heavy atom. The molecule has 2 aliphatic rings. The minimum absolute atomic E-state index is 0.136. The predicted octanol–water partition coefficient (Wildman–Crippen LogP) is 4.29. The first-order chi connectivity index (χ1) is 10.9. The van der Waals surface area contributed by atoms with Crippen molar-refractivity contribution in [1.82, 2.24) is 9.55 Å². The number of alkyl halides is 2. The molecule has 1 amide bonds. The lowest BCUT2D eigenvalue weighted by Gasteiger charge is -2.12. The summed E-state index contributed by atoms with van der Waals surface area (Å²) in [4.78, 5) is 17.1. The van der Waals surface area contributed by atoms with Gasteiger partial charge in [-0.3, -0.25) is 4.79 Å². The van der Waals surface area contributed by atoms with Crippen LogP contribution in [0.25, 0.3) is 11.0 Å². The highest BCUT2D eigenvalue weighted by Gasteiger charge is 2.67. The van der Waals surface area contributed by atoms with Crippen LogP contribution in [0, 0.1) is 5.41 Å². The molecule has 0 bridgehead atoms. The van der Waals surface area contributed by atoms with Gasteiger partial charge in [-0.15, -0.1) is 23.2 Å². The number of nitrogens with zero attached hydrogens (tertiary/aromatic N) is 2. The van der Waals surface area contributed by atoms with Crippen molar-refractivity contribution in [2.45, 2.75) is 49.9 Å². The Hall–Kier alpha value is -1.26. The van der Waals surface area contributed by atoms with Gasteiger partial charge in [0.25, 0.3) is 0 Å². The molecule has 1 aromatic heterocycles. The van der Waals surface area contributed by atoms with Crippen molar-refractivity contribution < 1.29 is 4.79 Å². The zero-order valence-electron chi connectivity index (χ0n) is 13.0. The van der Waals surface area contributed by atoms with Crippen molar-refractivity contribution in [3.05, 3.63) is 24.0 Å². The van der Waals surface area contributed by atoms with E-state index in [4.69, 9.17) is 28.2 Å². The van der Waals surface area contributed by atoms with Crippen LogP contribution < -0.4 is 5.32 Å². The van der Waals surface area contributed by atoms with Crippen LogP contribution in [0.1, 0.15) is 38.4 Å². The number of hydrogen-bond donors (Lipinski definition) is 1. The van der Waals surface area contributed by atoms with Gasteiger partial charge < -0.3 is 9.88 Å². The summed E-state index contributed by atoms with van der Waals surface area (Å²) in [5.41, 5.74) is 2.11. The molecule has 1 atom stereocenters. The zero-order chi connectivity index (χ0) is 16.2. The maximum Gasteiger partial charge on any atom is 0.233 e. The second kappa shape index (κ2) is 5.12. The lowest BCUT2D eigenvalue weighted by Crippen LogP contribution is -2.25. The van der Waals surface area contributed by atoms with E-state index in [-0.39, 0.29) is 5.91 Å². The van der Waals surface area contributed by atoms with Gasteiger partial charge in [0.2, 0.25) is 5.91 Å². The van der Waals surface area contributed by atoms with Crippen LogP contribution in [0.4, 0.5) is 5.69 Å². The summed E-state index contributed by atoms with van der Waals surface area (Å²) in [6, 6.07) is 5.90. The number of carbonyl (C=O) groups excluding carboxylic acids is 1. The number of amides is 1. The number of aromatic nitrogens is 2. The van der Waals surface area contributed by atoms with E-state index in [9.17, 15) is 4.79 Å². The fourth-order valence-electron chi connectivity index (χ4n) is 3.34. The highest BCUT2D eigenvalue weighted by Crippen LogP contribution is 2.64. The Bertz CT molecular complexity index is 798.